The molecule has 2 fully saturated rings. The summed E-state index contributed by atoms with van der Waals surface area (Å²) in [6.45, 7) is 4.40. The fourth-order valence-electron chi connectivity index (χ4n) is 3.45. The molecular weight excluding hydrogens is 266 g/mol. The first-order valence-corrected chi connectivity index (χ1v) is 9.12. The Morgan fingerprint density at radius 2 is 2.20 bits per heavy atom. The Labute approximate surface area is 126 Å². The highest BCUT2D eigenvalue weighted by atomic mass is 32.2. The lowest BCUT2D eigenvalue weighted by Crippen LogP contribution is -2.32. The molecule has 0 amide bonds. The van der Waals surface area contributed by atoms with Crippen LogP contribution in [0.5, 0.6) is 0 Å². The Hall–Kier alpha value is -0.480. The molecule has 1 aromatic heterocycles. The van der Waals surface area contributed by atoms with Gasteiger partial charge in [0.1, 0.15) is 0 Å². The van der Waals surface area contributed by atoms with Crippen LogP contribution in [-0.2, 0) is 6.54 Å². The lowest BCUT2D eigenvalue weighted by atomic mass is 9.96. The lowest BCUT2D eigenvalue weighted by molar-refractivity contribution is 0.327. The molecule has 1 atom stereocenters. The van der Waals surface area contributed by atoms with Gasteiger partial charge in [0, 0.05) is 24.0 Å². The molecule has 1 aromatic rings. The van der Waals surface area contributed by atoms with Gasteiger partial charge in [-0.2, -0.15) is 16.9 Å². The number of thioether (sulfide) groups is 1. The second-order valence-corrected chi connectivity index (χ2v) is 8.27. The van der Waals surface area contributed by atoms with E-state index < -0.39 is 0 Å². The SMILES string of the molecule is CC1(CNCc2ccn(C3CCCCC3)n2)CCCS1. The fourth-order valence-corrected chi connectivity index (χ4v) is 4.73. The van der Waals surface area contributed by atoms with Crippen LogP contribution in [0.3, 0.4) is 0 Å². The molecule has 0 bridgehead atoms. The van der Waals surface area contributed by atoms with Crippen molar-refractivity contribution in [3.05, 3.63) is 18.0 Å². The summed E-state index contributed by atoms with van der Waals surface area (Å²) in [6.07, 6.45) is 11.7. The first kappa shape index (κ1) is 14.5. The van der Waals surface area contributed by atoms with Gasteiger partial charge in [-0.05, 0) is 44.4 Å². The highest BCUT2D eigenvalue weighted by molar-refractivity contribution is 8.00. The van der Waals surface area contributed by atoms with Crippen molar-refractivity contribution in [2.45, 2.75) is 69.2 Å². The lowest BCUT2D eigenvalue weighted by Gasteiger charge is -2.23. The summed E-state index contributed by atoms with van der Waals surface area (Å²) in [6, 6.07) is 2.84. The maximum atomic E-state index is 4.77. The quantitative estimate of drug-likeness (QED) is 0.896. The maximum absolute atomic E-state index is 4.77. The van der Waals surface area contributed by atoms with Crippen LogP contribution in [-0.4, -0.2) is 26.8 Å². The third-order valence-electron chi connectivity index (χ3n) is 4.72. The molecule has 0 radical (unpaired) electrons. The molecule has 3 rings (SSSR count). The topological polar surface area (TPSA) is 29.9 Å². The zero-order valence-electron chi connectivity index (χ0n) is 12.6. The second-order valence-electron chi connectivity index (χ2n) is 6.58. The summed E-state index contributed by atoms with van der Waals surface area (Å²) < 4.78 is 2.66. The van der Waals surface area contributed by atoms with Crippen molar-refractivity contribution < 1.29 is 0 Å². The fraction of sp³-hybridized carbons (Fsp3) is 0.812. The molecule has 4 heteroatoms. The first-order chi connectivity index (χ1) is 9.75. The molecular formula is C16H27N3S. The maximum Gasteiger partial charge on any atom is 0.0762 e. The number of nitrogens with one attached hydrogen (secondary N) is 1. The Balaban J connectivity index is 1.47. The van der Waals surface area contributed by atoms with E-state index in [-0.39, 0.29) is 0 Å². The monoisotopic (exact) mass is 293 g/mol. The summed E-state index contributed by atoms with van der Waals surface area (Å²) in [5, 5.41) is 8.37. The molecule has 112 valence electrons. The van der Waals surface area contributed by atoms with Gasteiger partial charge in [0.25, 0.3) is 0 Å². The van der Waals surface area contributed by atoms with Crippen molar-refractivity contribution in [1.29, 1.82) is 0 Å². The van der Waals surface area contributed by atoms with Crippen LogP contribution in [0.15, 0.2) is 12.3 Å². The second kappa shape index (κ2) is 6.52. The van der Waals surface area contributed by atoms with Crippen LogP contribution in [0.1, 0.15) is 63.6 Å². The largest absolute Gasteiger partial charge is 0.310 e. The number of aromatic nitrogens is 2. The van der Waals surface area contributed by atoms with Gasteiger partial charge < -0.3 is 5.32 Å². The van der Waals surface area contributed by atoms with E-state index in [4.69, 9.17) is 5.10 Å². The molecule has 0 aromatic carbocycles. The minimum atomic E-state index is 0.450. The number of hydrogen-bond acceptors (Lipinski definition) is 3. The summed E-state index contributed by atoms with van der Waals surface area (Å²) >= 11 is 2.12. The molecule has 20 heavy (non-hydrogen) atoms. The van der Waals surface area contributed by atoms with E-state index in [1.165, 1.54) is 56.4 Å². The molecule has 1 aliphatic carbocycles. The summed E-state index contributed by atoms with van der Waals surface area (Å²) in [5.74, 6) is 1.33. The molecule has 1 saturated carbocycles. The van der Waals surface area contributed by atoms with Crippen LogP contribution >= 0.6 is 11.8 Å². The van der Waals surface area contributed by atoms with Gasteiger partial charge in [-0.25, -0.2) is 0 Å². The smallest absolute Gasteiger partial charge is 0.0762 e. The van der Waals surface area contributed by atoms with Gasteiger partial charge in [-0.3, -0.25) is 4.68 Å². The average Bonchev–Trinajstić information content (AvgIpc) is 3.10. The van der Waals surface area contributed by atoms with Crippen LogP contribution < -0.4 is 5.32 Å². The number of hydrogen-bond donors (Lipinski definition) is 1. The van der Waals surface area contributed by atoms with E-state index >= 15 is 0 Å². The van der Waals surface area contributed by atoms with E-state index in [9.17, 15) is 0 Å². The third-order valence-corrected chi connectivity index (χ3v) is 6.26. The van der Waals surface area contributed by atoms with Gasteiger partial charge in [-0.15, -0.1) is 0 Å². The highest BCUT2D eigenvalue weighted by Gasteiger charge is 2.28. The number of rotatable bonds is 5. The highest BCUT2D eigenvalue weighted by Crippen LogP contribution is 2.37. The first-order valence-electron chi connectivity index (χ1n) is 8.14. The Bertz CT molecular complexity index is 417. The van der Waals surface area contributed by atoms with Crippen molar-refractivity contribution in [1.82, 2.24) is 15.1 Å². The average molecular weight is 293 g/mol. The predicted octanol–water partition coefficient (Wildman–Crippen LogP) is 3.76. The summed E-state index contributed by atoms with van der Waals surface area (Å²) in [4.78, 5) is 0. The molecule has 2 heterocycles. The number of nitrogens with zero attached hydrogens (tertiary/aromatic N) is 2. The van der Waals surface area contributed by atoms with Crippen molar-refractivity contribution in [3.63, 3.8) is 0 Å². The van der Waals surface area contributed by atoms with E-state index in [0.29, 0.717) is 10.8 Å². The van der Waals surface area contributed by atoms with Crippen molar-refractivity contribution >= 4 is 11.8 Å². The summed E-state index contributed by atoms with van der Waals surface area (Å²) in [7, 11) is 0. The molecule has 1 saturated heterocycles. The van der Waals surface area contributed by atoms with Crippen LogP contribution in [0.4, 0.5) is 0 Å². The molecule has 2 aliphatic rings. The minimum absolute atomic E-state index is 0.450. The zero-order chi connectivity index (χ0) is 13.8. The zero-order valence-corrected chi connectivity index (χ0v) is 13.4. The van der Waals surface area contributed by atoms with Gasteiger partial charge in [0.2, 0.25) is 0 Å². The van der Waals surface area contributed by atoms with Crippen LogP contribution in [0, 0.1) is 0 Å². The van der Waals surface area contributed by atoms with Gasteiger partial charge in [-0.1, -0.05) is 19.3 Å². The minimum Gasteiger partial charge on any atom is -0.310 e. The third kappa shape index (κ3) is 3.59. The van der Waals surface area contributed by atoms with Gasteiger partial charge >= 0.3 is 0 Å². The van der Waals surface area contributed by atoms with E-state index in [2.05, 4.69) is 40.9 Å². The van der Waals surface area contributed by atoms with E-state index in [0.717, 1.165) is 13.1 Å². The Morgan fingerprint density at radius 1 is 1.35 bits per heavy atom. The molecule has 0 spiro atoms. The Kier molecular flexibility index (Phi) is 4.72. The van der Waals surface area contributed by atoms with Gasteiger partial charge in [0.15, 0.2) is 0 Å². The molecule has 1 aliphatic heterocycles. The van der Waals surface area contributed by atoms with Crippen molar-refractivity contribution in [2.75, 3.05) is 12.3 Å². The normalized spacial score (nSPS) is 28.1. The van der Waals surface area contributed by atoms with E-state index in [1.54, 1.807) is 0 Å². The van der Waals surface area contributed by atoms with Crippen LogP contribution in [0.2, 0.25) is 0 Å². The summed E-state index contributed by atoms with van der Waals surface area (Å²) in [5.41, 5.74) is 1.20. The standard InChI is InChI=1S/C16H27N3S/c1-16(9-5-11-20-16)13-17-12-14-8-10-19(18-14)15-6-3-2-4-7-15/h8,10,15,17H,2-7,9,11-13H2,1H3. The van der Waals surface area contributed by atoms with Crippen LogP contribution in [0.25, 0.3) is 0 Å². The molecule has 1 unspecified atom stereocenters. The Morgan fingerprint density at radius 3 is 2.95 bits per heavy atom. The van der Waals surface area contributed by atoms with Crippen molar-refractivity contribution in [2.24, 2.45) is 0 Å². The molecule has 3 nitrogen and oxygen atoms in total. The molecule has 1 N–H and O–H groups in total. The van der Waals surface area contributed by atoms with E-state index in [1.807, 2.05) is 0 Å². The predicted molar refractivity (Wildman–Crippen MR) is 86.2 cm³/mol. The van der Waals surface area contributed by atoms with Crippen molar-refractivity contribution in [3.8, 4) is 0 Å². The van der Waals surface area contributed by atoms with Gasteiger partial charge in [0.05, 0.1) is 11.7 Å².